The van der Waals surface area contributed by atoms with Crippen molar-refractivity contribution < 1.29 is 9.32 Å². The normalized spacial score (nSPS) is 13.0. The number of rotatable bonds is 6. The Labute approximate surface area is 148 Å². The molecule has 6 nitrogen and oxygen atoms in total. The van der Waals surface area contributed by atoms with Gasteiger partial charge in [-0.2, -0.15) is 0 Å². The molecule has 3 rings (SSSR count). The summed E-state index contributed by atoms with van der Waals surface area (Å²) in [6, 6.07) is 8.49. The molecule has 2 heterocycles. The molecular formula is C19H26N4O2. The number of aromatic nitrogens is 1. The Kier molecular flexibility index (Phi) is 5.26. The van der Waals surface area contributed by atoms with Gasteiger partial charge in [-0.15, -0.1) is 0 Å². The Balaban J connectivity index is 1.41. The standard InChI is InChI=1S/C19H26N4O2/c1-14-17(15(2)25-21-14)13-22(3)19(24)20-10-6-11-23-12-9-16-7-4-5-8-18(16)23/h4-5,7-8H,6,9-13H2,1-3H3,(H,20,24). The van der Waals surface area contributed by atoms with Gasteiger partial charge in [-0.05, 0) is 38.3 Å². The van der Waals surface area contributed by atoms with Gasteiger partial charge in [0.05, 0.1) is 12.2 Å². The van der Waals surface area contributed by atoms with Gasteiger partial charge in [0, 0.05) is 37.9 Å². The summed E-state index contributed by atoms with van der Waals surface area (Å²) in [7, 11) is 1.79. The van der Waals surface area contributed by atoms with Gasteiger partial charge in [0.1, 0.15) is 5.76 Å². The lowest BCUT2D eigenvalue weighted by molar-refractivity contribution is 0.206. The van der Waals surface area contributed by atoms with E-state index < -0.39 is 0 Å². The van der Waals surface area contributed by atoms with Gasteiger partial charge in [0.2, 0.25) is 0 Å². The molecule has 0 saturated heterocycles. The van der Waals surface area contributed by atoms with E-state index >= 15 is 0 Å². The lowest BCUT2D eigenvalue weighted by Crippen LogP contribution is -2.38. The summed E-state index contributed by atoms with van der Waals surface area (Å²) >= 11 is 0. The maximum atomic E-state index is 12.2. The van der Waals surface area contributed by atoms with E-state index in [0.29, 0.717) is 13.1 Å². The fraction of sp³-hybridized carbons (Fsp3) is 0.474. The first-order valence-electron chi connectivity index (χ1n) is 8.80. The zero-order valence-corrected chi connectivity index (χ0v) is 15.2. The maximum absolute atomic E-state index is 12.2. The lowest BCUT2D eigenvalue weighted by Gasteiger charge is -2.21. The van der Waals surface area contributed by atoms with Gasteiger partial charge in [0.25, 0.3) is 0 Å². The molecule has 0 aliphatic carbocycles. The molecule has 0 bridgehead atoms. The van der Waals surface area contributed by atoms with Crippen LogP contribution < -0.4 is 10.2 Å². The molecule has 25 heavy (non-hydrogen) atoms. The van der Waals surface area contributed by atoms with E-state index in [1.54, 1.807) is 11.9 Å². The van der Waals surface area contributed by atoms with Crippen molar-refractivity contribution in [2.24, 2.45) is 0 Å². The first kappa shape index (κ1) is 17.3. The molecule has 0 radical (unpaired) electrons. The van der Waals surface area contributed by atoms with Crippen molar-refractivity contribution in [3.05, 3.63) is 46.8 Å². The molecule has 0 fully saturated rings. The van der Waals surface area contributed by atoms with Crippen LogP contribution in [0.5, 0.6) is 0 Å². The zero-order valence-electron chi connectivity index (χ0n) is 15.2. The Morgan fingerprint density at radius 2 is 2.16 bits per heavy atom. The van der Waals surface area contributed by atoms with Crippen LogP contribution in [0.25, 0.3) is 0 Å². The third-order valence-corrected chi connectivity index (χ3v) is 4.79. The van der Waals surface area contributed by atoms with Gasteiger partial charge in [-0.3, -0.25) is 0 Å². The van der Waals surface area contributed by atoms with Crippen molar-refractivity contribution >= 4 is 11.7 Å². The van der Waals surface area contributed by atoms with E-state index in [-0.39, 0.29) is 6.03 Å². The number of aryl methyl sites for hydroxylation is 2. The summed E-state index contributed by atoms with van der Waals surface area (Å²) < 4.78 is 5.15. The molecule has 6 heteroatoms. The highest BCUT2D eigenvalue weighted by Gasteiger charge is 2.18. The molecule has 0 atom stereocenters. The van der Waals surface area contributed by atoms with Crippen LogP contribution in [-0.2, 0) is 13.0 Å². The molecule has 0 saturated carbocycles. The number of amides is 2. The van der Waals surface area contributed by atoms with Crippen LogP contribution in [0.1, 0.15) is 29.0 Å². The van der Waals surface area contributed by atoms with Gasteiger partial charge >= 0.3 is 6.03 Å². The van der Waals surface area contributed by atoms with E-state index in [1.807, 2.05) is 13.8 Å². The summed E-state index contributed by atoms with van der Waals surface area (Å²) in [5.41, 5.74) is 4.58. The van der Waals surface area contributed by atoms with Crippen LogP contribution in [0.2, 0.25) is 0 Å². The van der Waals surface area contributed by atoms with E-state index in [0.717, 1.165) is 42.9 Å². The third-order valence-electron chi connectivity index (χ3n) is 4.79. The van der Waals surface area contributed by atoms with Crippen LogP contribution in [0.3, 0.4) is 0 Å². The Hall–Kier alpha value is -2.50. The summed E-state index contributed by atoms with van der Waals surface area (Å²) in [6.07, 6.45) is 2.04. The smallest absolute Gasteiger partial charge is 0.317 e. The van der Waals surface area contributed by atoms with Crippen LogP contribution >= 0.6 is 0 Å². The second-order valence-electron chi connectivity index (χ2n) is 6.61. The van der Waals surface area contributed by atoms with E-state index in [1.165, 1.54) is 11.3 Å². The van der Waals surface area contributed by atoms with Crippen LogP contribution in [0, 0.1) is 13.8 Å². The lowest BCUT2D eigenvalue weighted by atomic mass is 10.2. The van der Waals surface area contributed by atoms with E-state index in [4.69, 9.17) is 4.52 Å². The van der Waals surface area contributed by atoms with Crippen LogP contribution in [0.15, 0.2) is 28.8 Å². The minimum Gasteiger partial charge on any atom is -0.371 e. The number of benzene rings is 1. The SMILES string of the molecule is Cc1noc(C)c1CN(C)C(=O)NCCCN1CCc2ccccc21. The summed E-state index contributed by atoms with van der Waals surface area (Å²) in [4.78, 5) is 16.3. The number of carbonyl (C=O) groups is 1. The highest BCUT2D eigenvalue weighted by molar-refractivity contribution is 5.73. The van der Waals surface area contributed by atoms with Crippen molar-refractivity contribution in [3.8, 4) is 0 Å². The molecule has 134 valence electrons. The topological polar surface area (TPSA) is 61.6 Å². The minimum atomic E-state index is -0.0678. The largest absolute Gasteiger partial charge is 0.371 e. The van der Waals surface area contributed by atoms with Crippen molar-refractivity contribution in [1.82, 2.24) is 15.4 Å². The summed E-state index contributed by atoms with van der Waals surface area (Å²) in [5, 5.41) is 6.92. The number of anilines is 1. The molecule has 2 amide bonds. The van der Waals surface area contributed by atoms with Crippen molar-refractivity contribution in [2.45, 2.75) is 33.2 Å². The molecule has 1 N–H and O–H groups in total. The van der Waals surface area contributed by atoms with E-state index in [9.17, 15) is 4.79 Å². The van der Waals surface area contributed by atoms with Crippen LogP contribution in [-0.4, -0.2) is 42.8 Å². The monoisotopic (exact) mass is 342 g/mol. The molecule has 1 aliphatic rings. The quantitative estimate of drug-likeness (QED) is 0.820. The molecule has 1 aromatic carbocycles. The average Bonchev–Trinajstić information content (AvgIpc) is 3.16. The molecule has 1 aromatic heterocycles. The number of carbonyl (C=O) groups excluding carboxylic acids is 1. The number of nitrogens with one attached hydrogen (secondary N) is 1. The maximum Gasteiger partial charge on any atom is 0.317 e. The number of hydrogen-bond acceptors (Lipinski definition) is 4. The van der Waals surface area contributed by atoms with Gasteiger partial charge < -0.3 is 19.6 Å². The molecule has 1 aliphatic heterocycles. The number of hydrogen-bond donors (Lipinski definition) is 1. The van der Waals surface area contributed by atoms with Crippen molar-refractivity contribution in [2.75, 3.05) is 31.6 Å². The fourth-order valence-corrected chi connectivity index (χ4v) is 3.28. The van der Waals surface area contributed by atoms with Crippen LogP contribution in [0.4, 0.5) is 10.5 Å². The highest BCUT2D eigenvalue weighted by atomic mass is 16.5. The summed E-state index contributed by atoms with van der Waals surface area (Å²) in [6.45, 7) is 6.97. The molecular weight excluding hydrogens is 316 g/mol. The Morgan fingerprint density at radius 3 is 2.92 bits per heavy atom. The minimum absolute atomic E-state index is 0.0678. The predicted molar refractivity (Wildman–Crippen MR) is 97.8 cm³/mol. The van der Waals surface area contributed by atoms with Crippen molar-refractivity contribution in [1.29, 1.82) is 0 Å². The number of fused-ring (bicyclic) bond motifs is 1. The number of para-hydroxylation sites is 1. The van der Waals surface area contributed by atoms with Crippen molar-refractivity contribution in [3.63, 3.8) is 0 Å². The Morgan fingerprint density at radius 1 is 1.36 bits per heavy atom. The Bertz CT molecular complexity index is 721. The fourth-order valence-electron chi connectivity index (χ4n) is 3.28. The van der Waals surface area contributed by atoms with Gasteiger partial charge in [-0.25, -0.2) is 4.79 Å². The number of urea groups is 1. The zero-order chi connectivity index (χ0) is 17.8. The second-order valence-corrected chi connectivity index (χ2v) is 6.61. The molecule has 0 spiro atoms. The van der Waals surface area contributed by atoms with Gasteiger partial charge in [0.15, 0.2) is 0 Å². The first-order valence-corrected chi connectivity index (χ1v) is 8.80. The van der Waals surface area contributed by atoms with Gasteiger partial charge in [-0.1, -0.05) is 23.4 Å². The average molecular weight is 342 g/mol. The predicted octanol–water partition coefficient (Wildman–Crippen LogP) is 2.89. The third kappa shape index (κ3) is 3.95. The second kappa shape index (κ2) is 7.59. The molecule has 2 aromatic rings. The molecule has 0 unspecified atom stereocenters. The van der Waals surface area contributed by atoms with E-state index in [2.05, 4.69) is 39.6 Å². The summed E-state index contributed by atoms with van der Waals surface area (Å²) in [5.74, 6) is 0.768. The first-order chi connectivity index (χ1) is 12.1. The number of nitrogens with zero attached hydrogens (tertiary/aromatic N) is 3. The highest BCUT2D eigenvalue weighted by Crippen LogP contribution is 2.27.